The Balaban J connectivity index is 3.25. The average Bonchev–Trinajstić information content (AvgIpc) is 2.13. The molecule has 0 fully saturated rings. The molecule has 1 heterocycles. The summed E-state index contributed by atoms with van der Waals surface area (Å²) in [5.41, 5.74) is -1.60. The average molecular weight is 285 g/mol. The molecular formula is C10H12ClF3N2O2. The first-order valence-corrected chi connectivity index (χ1v) is 5.60. The molecule has 0 aliphatic heterocycles. The van der Waals surface area contributed by atoms with Gasteiger partial charge in [-0.1, -0.05) is 25.4 Å². The summed E-state index contributed by atoms with van der Waals surface area (Å²) >= 11 is 5.70. The monoisotopic (exact) mass is 284 g/mol. The summed E-state index contributed by atoms with van der Waals surface area (Å²) < 4.78 is 36.8. The fraction of sp³-hybridized carbons (Fsp3) is 0.600. The number of H-pyrrole nitrogens is 1. The van der Waals surface area contributed by atoms with Crippen LogP contribution in [0.15, 0.2) is 9.59 Å². The van der Waals surface area contributed by atoms with E-state index in [1.54, 1.807) is 13.8 Å². The van der Waals surface area contributed by atoms with Crippen molar-refractivity contribution in [1.82, 2.24) is 9.55 Å². The van der Waals surface area contributed by atoms with Crippen molar-refractivity contribution in [3.63, 3.8) is 0 Å². The third-order valence-corrected chi connectivity index (χ3v) is 2.67. The van der Waals surface area contributed by atoms with Crippen LogP contribution >= 0.6 is 11.6 Å². The zero-order valence-corrected chi connectivity index (χ0v) is 10.5. The summed E-state index contributed by atoms with van der Waals surface area (Å²) in [6.45, 7) is 2.61. The first-order valence-electron chi connectivity index (χ1n) is 5.22. The minimum atomic E-state index is -4.43. The number of nitrogens with zero attached hydrogens (tertiary/aromatic N) is 1. The normalized spacial score (nSPS) is 12.2. The first-order chi connectivity index (χ1) is 8.13. The molecule has 0 aliphatic carbocycles. The molecule has 0 aliphatic rings. The highest BCUT2D eigenvalue weighted by molar-refractivity contribution is 6.30. The van der Waals surface area contributed by atoms with E-state index in [4.69, 9.17) is 11.6 Å². The van der Waals surface area contributed by atoms with Crippen LogP contribution in [0.25, 0.3) is 0 Å². The molecule has 0 aromatic carbocycles. The molecule has 0 bridgehead atoms. The van der Waals surface area contributed by atoms with Gasteiger partial charge in [-0.2, -0.15) is 13.2 Å². The molecule has 102 valence electrons. The van der Waals surface area contributed by atoms with Gasteiger partial charge in [-0.3, -0.25) is 14.3 Å². The zero-order valence-electron chi connectivity index (χ0n) is 9.77. The highest BCUT2D eigenvalue weighted by Crippen LogP contribution is 2.20. The number of aromatic amines is 1. The van der Waals surface area contributed by atoms with Crippen LogP contribution in [0.5, 0.6) is 0 Å². The Morgan fingerprint density at radius 3 is 2.33 bits per heavy atom. The predicted molar refractivity (Wildman–Crippen MR) is 61.1 cm³/mol. The van der Waals surface area contributed by atoms with Gasteiger partial charge in [0, 0.05) is 6.54 Å². The molecule has 1 N–H and O–H groups in total. The maximum Gasteiger partial charge on any atom is 0.390 e. The molecule has 0 saturated carbocycles. The smallest absolute Gasteiger partial charge is 0.297 e. The van der Waals surface area contributed by atoms with E-state index in [2.05, 4.69) is 4.98 Å². The summed E-state index contributed by atoms with van der Waals surface area (Å²) in [5, 5.41) is -0.122. The Morgan fingerprint density at radius 1 is 1.33 bits per heavy atom. The number of halogens is 4. The summed E-state index contributed by atoms with van der Waals surface area (Å²) in [7, 11) is 0. The van der Waals surface area contributed by atoms with E-state index >= 15 is 0 Å². The Labute approximate surface area is 105 Å². The molecule has 0 spiro atoms. The SMILES string of the molecule is CC(C)c1c(Cl)[nH]c(=O)n(CCC(F)(F)F)c1=O. The van der Waals surface area contributed by atoms with Crippen molar-refractivity contribution in [3.05, 3.63) is 31.6 Å². The van der Waals surface area contributed by atoms with Crippen LogP contribution in [0.1, 0.15) is 31.7 Å². The van der Waals surface area contributed by atoms with Gasteiger partial charge in [0.1, 0.15) is 5.15 Å². The van der Waals surface area contributed by atoms with Gasteiger partial charge < -0.3 is 0 Å². The van der Waals surface area contributed by atoms with Crippen LogP contribution in [0.3, 0.4) is 0 Å². The molecule has 0 radical (unpaired) electrons. The van der Waals surface area contributed by atoms with E-state index in [9.17, 15) is 22.8 Å². The van der Waals surface area contributed by atoms with Gasteiger partial charge in [-0.25, -0.2) is 4.79 Å². The summed E-state index contributed by atoms with van der Waals surface area (Å²) in [4.78, 5) is 25.4. The van der Waals surface area contributed by atoms with Crippen LogP contribution in [0.2, 0.25) is 5.15 Å². The zero-order chi connectivity index (χ0) is 14.1. The van der Waals surface area contributed by atoms with Crippen molar-refractivity contribution in [1.29, 1.82) is 0 Å². The first kappa shape index (κ1) is 14.8. The fourth-order valence-corrected chi connectivity index (χ4v) is 1.88. The van der Waals surface area contributed by atoms with Gasteiger partial charge in [-0.15, -0.1) is 0 Å². The van der Waals surface area contributed by atoms with Crippen molar-refractivity contribution >= 4 is 11.6 Å². The van der Waals surface area contributed by atoms with Crippen molar-refractivity contribution in [3.8, 4) is 0 Å². The predicted octanol–water partition coefficient (Wildman–Crippen LogP) is 2.27. The lowest BCUT2D eigenvalue weighted by Crippen LogP contribution is -2.38. The number of nitrogens with one attached hydrogen (secondary N) is 1. The number of rotatable bonds is 3. The fourth-order valence-electron chi connectivity index (χ4n) is 1.50. The van der Waals surface area contributed by atoms with E-state index in [0.717, 1.165) is 0 Å². The van der Waals surface area contributed by atoms with Gasteiger partial charge in [0.15, 0.2) is 0 Å². The van der Waals surface area contributed by atoms with Crippen molar-refractivity contribution < 1.29 is 13.2 Å². The van der Waals surface area contributed by atoms with E-state index in [1.807, 2.05) is 0 Å². The number of alkyl halides is 3. The summed E-state index contributed by atoms with van der Waals surface area (Å²) in [6, 6.07) is 0. The third kappa shape index (κ3) is 3.38. The maximum atomic E-state index is 12.1. The van der Waals surface area contributed by atoms with Crippen molar-refractivity contribution in [2.75, 3.05) is 0 Å². The third-order valence-electron chi connectivity index (χ3n) is 2.37. The Hall–Kier alpha value is -1.24. The van der Waals surface area contributed by atoms with E-state index in [-0.39, 0.29) is 16.6 Å². The lowest BCUT2D eigenvalue weighted by molar-refractivity contribution is -0.137. The largest absolute Gasteiger partial charge is 0.390 e. The lowest BCUT2D eigenvalue weighted by Gasteiger charge is -2.12. The molecule has 18 heavy (non-hydrogen) atoms. The molecule has 0 atom stereocenters. The lowest BCUT2D eigenvalue weighted by atomic mass is 10.1. The highest BCUT2D eigenvalue weighted by atomic mass is 35.5. The Bertz CT molecular complexity index is 546. The van der Waals surface area contributed by atoms with Crippen LogP contribution in [-0.2, 0) is 6.54 Å². The molecule has 1 rings (SSSR count). The van der Waals surface area contributed by atoms with Gasteiger partial charge in [0.05, 0.1) is 12.0 Å². The quantitative estimate of drug-likeness (QED) is 0.866. The van der Waals surface area contributed by atoms with Gasteiger partial charge in [-0.05, 0) is 5.92 Å². The standard InChI is InChI=1S/C10H12ClF3N2O2/c1-5(2)6-7(11)15-9(18)16(8(6)17)4-3-10(12,13)14/h5H,3-4H2,1-2H3,(H,15,18). The van der Waals surface area contributed by atoms with Crippen LogP contribution in [0.4, 0.5) is 13.2 Å². The molecule has 1 aromatic heterocycles. The summed E-state index contributed by atoms with van der Waals surface area (Å²) in [5.74, 6) is -0.293. The van der Waals surface area contributed by atoms with E-state index in [0.29, 0.717) is 4.57 Å². The molecular weight excluding hydrogens is 273 g/mol. The number of aromatic nitrogens is 2. The second-order valence-electron chi connectivity index (χ2n) is 4.13. The Kier molecular flexibility index (Phi) is 4.26. The second kappa shape index (κ2) is 5.17. The minimum absolute atomic E-state index is 0.110. The van der Waals surface area contributed by atoms with Crippen LogP contribution < -0.4 is 11.2 Å². The van der Waals surface area contributed by atoms with Gasteiger partial charge in [0.2, 0.25) is 0 Å². The van der Waals surface area contributed by atoms with Crippen molar-refractivity contribution in [2.24, 2.45) is 0 Å². The van der Waals surface area contributed by atoms with Crippen molar-refractivity contribution in [2.45, 2.75) is 38.9 Å². The van der Waals surface area contributed by atoms with E-state index < -0.39 is 30.4 Å². The Morgan fingerprint density at radius 2 is 1.89 bits per heavy atom. The molecule has 8 heteroatoms. The van der Waals surface area contributed by atoms with Crippen LogP contribution in [0, 0.1) is 0 Å². The van der Waals surface area contributed by atoms with Crippen LogP contribution in [-0.4, -0.2) is 15.7 Å². The minimum Gasteiger partial charge on any atom is -0.297 e. The topological polar surface area (TPSA) is 54.9 Å². The number of hydrogen-bond acceptors (Lipinski definition) is 2. The maximum absolute atomic E-state index is 12.1. The number of hydrogen-bond donors (Lipinski definition) is 1. The summed E-state index contributed by atoms with van der Waals surface area (Å²) in [6.07, 6.45) is -5.67. The molecule has 0 unspecified atom stereocenters. The van der Waals surface area contributed by atoms with Gasteiger partial charge in [0.25, 0.3) is 5.56 Å². The molecule has 4 nitrogen and oxygen atoms in total. The van der Waals surface area contributed by atoms with Gasteiger partial charge >= 0.3 is 11.9 Å². The molecule has 0 amide bonds. The molecule has 0 saturated heterocycles. The second-order valence-corrected chi connectivity index (χ2v) is 4.51. The van der Waals surface area contributed by atoms with E-state index in [1.165, 1.54) is 0 Å². The molecule has 1 aromatic rings. The highest BCUT2D eigenvalue weighted by Gasteiger charge is 2.28.